The van der Waals surface area contributed by atoms with E-state index in [2.05, 4.69) is 12.1 Å². The molecule has 1 amide bonds. The van der Waals surface area contributed by atoms with E-state index in [-0.39, 0.29) is 11.9 Å². The van der Waals surface area contributed by atoms with Gasteiger partial charge in [-0.2, -0.15) is 0 Å². The fourth-order valence-corrected chi connectivity index (χ4v) is 6.08. The first-order valence-electron chi connectivity index (χ1n) is 10.4. The van der Waals surface area contributed by atoms with Gasteiger partial charge in [0, 0.05) is 33.0 Å². The molecule has 166 valence electrons. The summed E-state index contributed by atoms with van der Waals surface area (Å²) < 4.78 is 5.28. The smallest absolute Gasteiger partial charge is 0.261 e. The van der Waals surface area contributed by atoms with Gasteiger partial charge >= 0.3 is 0 Å². The van der Waals surface area contributed by atoms with Crippen molar-refractivity contribution in [1.82, 2.24) is 10.1 Å². The van der Waals surface area contributed by atoms with Gasteiger partial charge in [-0.05, 0) is 56.7 Å². The van der Waals surface area contributed by atoms with Crippen molar-refractivity contribution in [2.75, 3.05) is 5.75 Å². The summed E-state index contributed by atoms with van der Waals surface area (Å²) >= 11 is 9.25. The number of hydrogen-bond donors (Lipinski definition) is 0. The molecule has 3 aromatic rings. The number of thioether (sulfide) groups is 2. The number of benzene rings is 2. The van der Waals surface area contributed by atoms with E-state index in [0.717, 1.165) is 44.9 Å². The maximum absolute atomic E-state index is 13.8. The number of carbonyl (C=O) groups excluding carboxylic acids is 1. The minimum Gasteiger partial charge on any atom is -0.361 e. The number of amidine groups is 1. The molecule has 0 saturated carbocycles. The average Bonchev–Trinajstić information content (AvgIpc) is 3.35. The van der Waals surface area contributed by atoms with Crippen LogP contribution in [0.4, 0.5) is 5.69 Å². The number of hydrogen-bond acceptors (Lipinski definition) is 6. The van der Waals surface area contributed by atoms with Gasteiger partial charge in [0.25, 0.3) is 5.91 Å². The molecule has 1 saturated heterocycles. The molecule has 1 aromatic heterocycles. The molecule has 32 heavy (non-hydrogen) atoms. The average molecular weight is 486 g/mol. The van der Waals surface area contributed by atoms with Crippen molar-refractivity contribution in [3.05, 3.63) is 76.1 Å². The first-order chi connectivity index (χ1) is 15.5. The minimum absolute atomic E-state index is 0.0172. The van der Waals surface area contributed by atoms with E-state index in [4.69, 9.17) is 21.1 Å². The summed E-state index contributed by atoms with van der Waals surface area (Å²) in [4.78, 5) is 21.3. The molecular weight excluding hydrogens is 462 g/mol. The highest BCUT2D eigenvalue weighted by molar-refractivity contribution is 8.14. The first kappa shape index (κ1) is 23.0. The molecular formula is C24H24ClN3O2S2. The van der Waals surface area contributed by atoms with Crippen molar-refractivity contribution in [2.24, 2.45) is 4.99 Å². The molecule has 1 fully saturated rings. The predicted molar refractivity (Wildman–Crippen MR) is 133 cm³/mol. The van der Waals surface area contributed by atoms with Gasteiger partial charge in [0.15, 0.2) is 5.17 Å². The molecule has 0 spiro atoms. The van der Waals surface area contributed by atoms with E-state index in [1.165, 1.54) is 0 Å². The van der Waals surface area contributed by atoms with Crippen LogP contribution in [0.5, 0.6) is 0 Å². The van der Waals surface area contributed by atoms with E-state index < -0.39 is 0 Å². The van der Waals surface area contributed by atoms with Crippen LogP contribution in [0.15, 0.2) is 62.9 Å². The number of aromatic nitrogens is 1. The highest BCUT2D eigenvalue weighted by atomic mass is 35.5. The van der Waals surface area contributed by atoms with Gasteiger partial charge in [0.2, 0.25) is 0 Å². The zero-order valence-corrected chi connectivity index (χ0v) is 20.6. The topological polar surface area (TPSA) is 58.7 Å². The first-order valence-corrected chi connectivity index (χ1v) is 12.8. The van der Waals surface area contributed by atoms with E-state index in [1.54, 1.807) is 23.5 Å². The number of rotatable bonds is 6. The Hall–Kier alpha value is -2.22. The van der Waals surface area contributed by atoms with Crippen LogP contribution in [-0.2, 0) is 5.75 Å². The van der Waals surface area contributed by atoms with Crippen LogP contribution < -0.4 is 0 Å². The van der Waals surface area contributed by atoms with Crippen molar-refractivity contribution in [3.63, 3.8) is 0 Å². The third-order valence-corrected chi connectivity index (χ3v) is 7.84. The van der Waals surface area contributed by atoms with Crippen molar-refractivity contribution < 1.29 is 9.32 Å². The second-order valence-corrected chi connectivity index (χ2v) is 9.95. The molecule has 0 unspecified atom stereocenters. The second-order valence-electron chi connectivity index (χ2n) is 7.51. The van der Waals surface area contributed by atoms with Gasteiger partial charge in [0.05, 0.1) is 16.9 Å². The minimum atomic E-state index is -0.0172. The lowest BCUT2D eigenvalue weighted by Gasteiger charge is -2.24. The van der Waals surface area contributed by atoms with Gasteiger partial charge in [-0.3, -0.25) is 9.69 Å². The summed E-state index contributed by atoms with van der Waals surface area (Å²) in [5, 5.41) is 5.43. The van der Waals surface area contributed by atoms with Crippen LogP contribution in [0.1, 0.15) is 40.7 Å². The van der Waals surface area contributed by atoms with Crippen LogP contribution >= 0.6 is 35.1 Å². The summed E-state index contributed by atoms with van der Waals surface area (Å²) in [6.07, 6.45) is 0.868. The Kier molecular flexibility index (Phi) is 7.28. The number of halogens is 1. The highest BCUT2D eigenvalue weighted by Gasteiger charge is 2.35. The fourth-order valence-electron chi connectivity index (χ4n) is 3.49. The molecule has 2 aromatic carbocycles. The molecule has 0 bridgehead atoms. The summed E-state index contributed by atoms with van der Waals surface area (Å²) in [5.41, 5.74) is 3.44. The Morgan fingerprint density at radius 3 is 2.69 bits per heavy atom. The van der Waals surface area contributed by atoms with Gasteiger partial charge < -0.3 is 4.52 Å². The number of aryl methyl sites for hydroxylation is 2. The van der Waals surface area contributed by atoms with E-state index in [9.17, 15) is 4.79 Å². The molecule has 1 aliphatic rings. The number of carbonyl (C=O) groups is 1. The lowest BCUT2D eigenvalue weighted by atomic mass is 10.1. The Bertz CT molecular complexity index is 1120. The summed E-state index contributed by atoms with van der Waals surface area (Å²) in [6, 6.07) is 15.2. The Labute approximate surface area is 201 Å². The Morgan fingerprint density at radius 1 is 1.25 bits per heavy atom. The lowest BCUT2D eigenvalue weighted by Crippen LogP contribution is -2.39. The molecule has 1 aliphatic heterocycles. The van der Waals surface area contributed by atoms with Crippen LogP contribution in [0.25, 0.3) is 0 Å². The second kappa shape index (κ2) is 10.1. The summed E-state index contributed by atoms with van der Waals surface area (Å²) in [6.45, 7) is 5.96. The van der Waals surface area contributed by atoms with Gasteiger partial charge in [-0.15, -0.1) is 11.8 Å². The zero-order chi connectivity index (χ0) is 22.7. The normalized spacial score (nSPS) is 17.3. The molecule has 0 aliphatic carbocycles. The molecule has 5 nitrogen and oxygen atoms in total. The van der Waals surface area contributed by atoms with Crippen molar-refractivity contribution in [2.45, 2.75) is 43.9 Å². The van der Waals surface area contributed by atoms with E-state index >= 15 is 0 Å². The molecule has 0 N–H and O–H groups in total. The largest absolute Gasteiger partial charge is 0.361 e. The van der Waals surface area contributed by atoms with Gasteiger partial charge in [-0.25, -0.2) is 4.99 Å². The molecule has 1 atom stereocenters. The maximum atomic E-state index is 13.8. The van der Waals surface area contributed by atoms with Crippen molar-refractivity contribution in [3.8, 4) is 0 Å². The molecule has 0 radical (unpaired) electrons. The van der Waals surface area contributed by atoms with Gasteiger partial charge in [0.1, 0.15) is 5.76 Å². The summed E-state index contributed by atoms with van der Waals surface area (Å²) in [5.74, 6) is 2.33. The van der Waals surface area contributed by atoms with Crippen LogP contribution in [0.3, 0.4) is 0 Å². The number of nitrogens with zero attached hydrogens (tertiary/aromatic N) is 3. The van der Waals surface area contributed by atoms with Gasteiger partial charge in [-0.1, -0.05) is 47.6 Å². The summed E-state index contributed by atoms with van der Waals surface area (Å²) in [7, 11) is 0. The van der Waals surface area contributed by atoms with E-state index in [1.807, 2.05) is 67.3 Å². The SMILES string of the molecule is CC[C@H]1CSC(=Nc2ccc(Cl)cc2)N1C(=O)c1ccccc1SCc1c(C)noc1C. The molecule has 4 rings (SSSR count). The number of aliphatic imine (C=N–C) groups is 1. The molecule has 8 heteroatoms. The van der Waals surface area contributed by atoms with Crippen LogP contribution in [0.2, 0.25) is 5.02 Å². The zero-order valence-electron chi connectivity index (χ0n) is 18.2. The van der Waals surface area contributed by atoms with Crippen LogP contribution in [-0.4, -0.2) is 32.9 Å². The van der Waals surface area contributed by atoms with Crippen molar-refractivity contribution in [1.29, 1.82) is 0 Å². The third kappa shape index (κ3) is 4.90. The molecule has 2 heterocycles. The maximum Gasteiger partial charge on any atom is 0.261 e. The fraction of sp³-hybridized carbons (Fsp3) is 0.292. The quantitative estimate of drug-likeness (QED) is 0.355. The lowest BCUT2D eigenvalue weighted by molar-refractivity contribution is 0.0816. The predicted octanol–water partition coefficient (Wildman–Crippen LogP) is 6.89. The Morgan fingerprint density at radius 2 is 2.00 bits per heavy atom. The number of amides is 1. The van der Waals surface area contributed by atoms with E-state index in [0.29, 0.717) is 16.3 Å². The van der Waals surface area contributed by atoms with Crippen LogP contribution in [0, 0.1) is 13.8 Å². The third-order valence-electron chi connectivity index (χ3n) is 5.39. The van der Waals surface area contributed by atoms with Crippen molar-refractivity contribution >= 4 is 51.9 Å². The monoisotopic (exact) mass is 485 g/mol. The highest BCUT2D eigenvalue weighted by Crippen LogP contribution is 2.34. The Balaban J connectivity index is 1.62. The standard InChI is InChI=1S/C24H24ClN3O2S2/c1-4-19-13-32-24(26-18-11-9-17(25)10-12-18)28(19)23(29)20-7-5-6-8-22(20)31-14-21-15(2)27-30-16(21)3/h5-12,19H,4,13-14H2,1-3H3/t19-/m0/s1.